The summed E-state index contributed by atoms with van der Waals surface area (Å²) in [7, 11) is 0. The lowest BCUT2D eigenvalue weighted by atomic mass is 9.92. The van der Waals surface area contributed by atoms with Gasteiger partial charge in [0.1, 0.15) is 5.02 Å². The van der Waals surface area contributed by atoms with Crippen LogP contribution in [0.1, 0.15) is 44.2 Å². The molecule has 0 atom stereocenters. The summed E-state index contributed by atoms with van der Waals surface area (Å²) < 4.78 is 31.7. The van der Waals surface area contributed by atoms with E-state index < -0.39 is 12.1 Å². The number of aryl methyl sites for hydroxylation is 2. The van der Waals surface area contributed by atoms with Gasteiger partial charge in [0.05, 0.1) is 6.20 Å². The van der Waals surface area contributed by atoms with Gasteiger partial charge in [0.2, 0.25) is 17.8 Å². The summed E-state index contributed by atoms with van der Waals surface area (Å²) in [6, 6.07) is 14.1. The zero-order chi connectivity index (χ0) is 32.7. The SMILES string of the molecule is CC(C)C(=O)N1CCC(CC(=O)Nc2ccc3cc2CCc2cccc(c2)Nc2ncc(Cl)c(n2)N3)CC1.O=C(O)C(F)(F)F. The van der Waals surface area contributed by atoms with Crippen LogP contribution in [-0.4, -0.2) is 57.0 Å². The van der Waals surface area contributed by atoms with Crippen molar-refractivity contribution in [2.45, 2.75) is 52.1 Å². The number of hydrogen-bond donors (Lipinski definition) is 4. The van der Waals surface area contributed by atoms with Gasteiger partial charge in [-0.2, -0.15) is 18.2 Å². The van der Waals surface area contributed by atoms with Gasteiger partial charge in [0.25, 0.3) is 0 Å². The molecule has 0 aliphatic carbocycles. The number of alkyl halides is 3. The molecular weight excluding hydrogens is 613 g/mol. The molecule has 240 valence electrons. The number of piperidine rings is 1. The second-order valence-corrected chi connectivity index (χ2v) is 11.6. The molecule has 5 rings (SSSR count). The van der Waals surface area contributed by atoms with E-state index in [-0.39, 0.29) is 23.7 Å². The summed E-state index contributed by atoms with van der Waals surface area (Å²) in [5.41, 5.74) is 4.74. The maximum Gasteiger partial charge on any atom is 0.490 e. The van der Waals surface area contributed by atoms with Gasteiger partial charge >= 0.3 is 12.1 Å². The largest absolute Gasteiger partial charge is 0.490 e. The molecule has 1 aromatic heterocycles. The van der Waals surface area contributed by atoms with Crippen molar-refractivity contribution in [3.05, 3.63) is 64.8 Å². The molecule has 1 saturated heterocycles. The molecule has 4 N–H and O–H groups in total. The fourth-order valence-corrected chi connectivity index (χ4v) is 5.19. The number of carbonyl (C=O) groups excluding carboxylic acids is 2. The molecule has 0 unspecified atom stereocenters. The molecule has 0 spiro atoms. The third kappa shape index (κ3) is 9.55. The summed E-state index contributed by atoms with van der Waals surface area (Å²) >= 11 is 6.37. The van der Waals surface area contributed by atoms with Gasteiger partial charge < -0.3 is 26.0 Å². The summed E-state index contributed by atoms with van der Waals surface area (Å²) in [5.74, 6) is -1.30. The Hall–Kier alpha value is -4.39. The zero-order valence-electron chi connectivity index (χ0n) is 24.7. The van der Waals surface area contributed by atoms with Crippen LogP contribution in [0.4, 0.5) is 42.0 Å². The zero-order valence-corrected chi connectivity index (χ0v) is 25.5. The Morgan fingerprint density at radius 2 is 1.76 bits per heavy atom. The van der Waals surface area contributed by atoms with Crippen molar-refractivity contribution in [3.63, 3.8) is 0 Å². The lowest BCUT2D eigenvalue weighted by molar-refractivity contribution is -0.192. The number of carboxylic acids is 1. The first-order chi connectivity index (χ1) is 21.3. The highest BCUT2D eigenvalue weighted by molar-refractivity contribution is 6.32. The quantitative estimate of drug-likeness (QED) is 0.250. The van der Waals surface area contributed by atoms with E-state index in [2.05, 4.69) is 38.1 Å². The van der Waals surface area contributed by atoms with Crippen LogP contribution in [0, 0.1) is 11.8 Å². The highest BCUT2D eigenvalue weighted by Crippen LogP contribution is 2.30. The van der Waals surface area contributed by atoms with Crippen molar-refractivity contribution in [1.82, 2.24) is 14.9 Å². The average Bonchev–Trinajstić information content (AvgIpc) is 2.99. The van der Waals surface area contributed by atoms with E-state index in [1.165, 1.54) is 5.56 Å². The van der Waals surface area contributed by atoms with Crippen LogP contribution >= 0.6 is 11.6 Å². The lowest BCUT2D eigenvalue weighted by Gasteiger charge is -2.32. The Labute approximate surface area is 263 Å². The number of fused-ring (bicyclic) bond motifs is 6. The third-order valence-corrected chi connectivity index (χ3v) is 7.67. The Bertz CT molecular complexity index is 1540. The smallest absolute Gasteiger partial charge is 0.475 e. The molecule has 1 fully saturated rings. The van der Waals surface area contributed by atoms with Gasteiger partial charge in [-0.3, -0.25) is 9.59 Å². The number of rotatable bonds is 4. The minimum atomic E-state index is -5.08. The molecule has 2 aliphatic heterocycles. The van der Waals surface area contributed by atoms with E-state index in [9.17, 15) is 22.8 Å². The normalized spacial score (nSPS) is 14.8. The predicted octanol–water partition coefficient (Wildman–Crippen LogP) is 6.57. The first-order valence-electron chi connectivity index (χ1n) is 14.5. The van der Waals surface area contributed by atoms with Crippen molar-refractivity contribution < 1.29 is 32.7 Å². The van der Waals surface area contributed by atoms with E-state index >= 15 is 0 Å². The van der Waals surface area contributed by atoms with E-state index in [1.54, 1.807) is 6.20 Å². The number of carbonyl (C=O) groups is 3. The highest BCUT2D eigenvalue weighted by atomic mass is 35.5. The van der Waals surface area contributed by atoms with Crippen LogP contribution in [-0.2, 0) is 27.2 Å². The predicted molar refractivity (Wildman–Crippen MR) is 165 cm³/mol. The number of hydrogen-bond acceptors (Lipinski definition) is 7. The van der Waals surface area contributed by atoms with Crippen LogP contribution < -0.4 is 16.0 Å². The Balaban J connectivity index is 0.000000591. The van der Waals surface area contributed by atoms with Gasteiger partial charge in [0.15, 0.2) is 5.82 Å². The summed E-state index contributed by atoms with van der Waals surface area (Å²) in [4.78, 5) is 45.0. The monoisotopic (exact) mass is 646 g/mol. The number of nitrogens with one attached hydrogen (secondary N) is 3. The molecule has 45 heavy (non-hydrogen) atoms. The van der Waals surface area contributed by atoms with Gasteiger partial charge in [-0.25, -0.2) is 9.78 Å². The topological polar surface area (TPSA) is 137 Å². The van der Waals surface area contributed by atoms with E-state index in [0.29, 0.717) is 23.2 Å². The molecule has 2 amide bonds. The standard InChI is InChI=1S/C29H33ClN6O2.C2HF3O2/c1-18(2)28(38)36-12-10-20(11-13-36)15-26(37)34-25-9-8-23-16-21(25)7-6-19-4-3-5-22(14-19)33-29-31-17-24(30)27(32-23)35-29;3-2(4,5)1(6)7/h3-5,8-9,14,16-18,20H,6-7,10-13,15H2,1-2H3,(H,34,37)(H2,31,32,33,35);(H,6,7). The molecule has 0 radical (unpaired) electrons. The lowest BCUT2D eigenvalue weighted by Crippen LogP contribution is -2.41. The van der Waals surface area contributed by atoms with Gasteiger partial charge in [-0.15, -0.1) is 0 Å². The number of anilines is 5. The molecule has 3 aromatic rings. The van der Waals surface area contributed by atoms with Gasteiger partial charge in [0, 0.05) is 42.5 Å². The molecule has 10 nitrogen and oxygen atoms in total. The van der Waals surface area contributed by atoms with Crippen molar-refractivity contribution in [1.29, 1.82) is 0 Å². The number of amides is 2. The van der Waals surface area contributed by atoms with Crippen molar-refractivity contribution in [2.24, 2.45) is 11.8 Å². The van der Waals surface area contributed by atoms with Crippen LogP contribution in [0.5, 0.6) is 0 Å². The number of aromatic nitrogens is 2. The summed E-state index contributed by atoms with van der Waals surface area (Å²) in [5, 5.41) is 17.2. The van der Waals surface area contributed by atoms with E-state index in [4.69, 9.17) is 21.5 Å². The molecule has 0 saturated carbocycles. The second kappa shape index (κ2) is 14.6. The minimum Gasteiger partial charge on any atom is -0.475 e. The third-order valence-electron chi connectivity index (χ3n) is 7.39. The molecule has 3 heterocycles. The molecule has 6 bridgehead atoms. The minimum absolute atomic E-state index is 0.00759. The maximum atomic E-state index is 13.1. The molecule has 2 aromatic carbocycles. The number of aliphatic carboxylic acids is 1. The van der Waals surface area contributed by atoms with E-state index in [1.807, 2.05) is 49.1 Å². The Morgan fingerprint density at radius 3 is 2.42 bits per heavy atom. The van der Waals surface area contributed by atoms with Crippen LogP contribution in [0.15, 0.2) is 48.7 Å². The summed E-state index contributed by atoms with van der Waals surface area (Å²) in [6.45, 7) is 5.31. The van der Waals surface area contributed by atoms with Crippen molar-refractivity contribution in [3.8, 4) is 0 Å². The fraction of sp³-hybridized carbons (Fsp3) is 0.387. The summed E-state index contributed by atoms with van der Waals surface area (Å²) in [6.07, 6.45) is 0.212. The number of benzene rings is 2. The molecule has 14 heteroatoms. The molecule has 2 aliphatic rings. The number of carboxylic acid groups (broad SMARTS) is 1. The highest BCUT2D eigenvalue weighted by Gasteiger charge is 2.38. The first kappa shape index (κ1) is 33.5. The fourth-order valence-electron chi connectivity index (χ4n) is 5.05. The number of likely N-dealkylation sites (tertiary alicyclic amines) is 1. The first-order valence-corrected chi connectivity index (χ1v) is 14.8. The second-order valence-electron chi connectivity index (χ2n) is 11.2. The molecular formula is C31H34ClF3N6O4. The van der Waals surface area contributed by atoms with Gasteiger partial charge in [-0.1, -0.05) is 37.6 Å². The van der Waals surface area contributed by atoms with Crippen LogP contribution in [0.2, 0.25) is 5.02 Å². The van der Waals surface area contributed by atoms with Crippen molar-refractivity contribution >= 4 is 58.2 Å². The van der Waals surface area contributed by atoms with Gasteiger partial charge in [-0.05, 0) is 73.1 Å². The van der Waals surface area contributed by atoms with Crippen LogP contribution in [0.25, 0.3) is 0 Å². The van der Waals surface area contributed by atoms with Crippen LogP contribution in [0.3, 0.4) is 0 Å². The average molecular weight is 647 g/mol. The van der Waals surface area contributed by atoms with Crippen molar-refractivity contribution in [2.75, 3.05) is 29.0 Å². The number of halogens is 4. The number of nitrogens with zero attached hydrogens (tertiary/aromatic N) is 3. The Morgan fingerprint density at radius 1 is 1.07 bits per heavy atom. The Kier molecular flexibility index (Phi) is 10.9. The maximum absolute atomic E-state index is 13.1. The van der Waals surface area contributed by atoms with E-state index in [0.717, 1.165) is 61.4 Å².